The molecule has 164 valence electrons. The highest BCUT2D eigenvalue weighted by Gasteiger charge is 2.44. The first-order chi connectivity index (χ1) is 14.4. The van der Waals surface area contributed by atoms with Crippen LogP contribution >= 0.6 is 11.6 Å². The molecule has 2 heterocycles. The van der Waals surface area contributed by atoms with Gasteiger partial charge in [-0.3, -0.25) is 4.79 Å². The molecule has 0 amide bonds. The average Bonchev–Trinajstić information content (AvgIpc) is 2.67. The highest BCUT2D eigenvalue weighted by molar-refractivity contribution is 6.32. The van der Waals surface area contributed by atoms with E-state index in [-0.39, 0.29) is 17.1 Å². The number of aromatic nitrogens is 1. The number of benzene rings is 1. The Morgan fingerprint density at radius 3 is 2.61 bits per heavy atom. The predicted octanol–water partition coefficient (Wildman–Crippen LogP) is 3.84. The van der Waals surface area contributed by atoms with Crippen LogP contribution in [-0.2, 0) is 16.6 Å². The zero-order valence-electron chi connectivity index (χ0n) is 17.9. The molecule has 0 spiro atoms. The molecule has 1 aliphatic rings. The van der Waals surface area contributed by atoms with Crippen LogP contribution in [0.25, 0.3) is 11.3 Å². The van der Waals surface area contributed by atoms with E-state index in [0.29, 0.717) is 36.5 Å². The number of ether oxygens (including phenoxy) is 2. The van der Waals surface area contributed by atoms with Crippen molar-refractivity contribution in [1.29, 1.82) is 0 Å². The van der Waals surface area contributed by atoms with E-state index in [9.17, 15) is 14.7 Å². The van der Waals surface area contributed by atoms with Crippen LogP contribution in [0.1, 0.15) is 43.1 Å². The van der Waals surface area contributed by atoms with Gasteiger partial charge in [-0.2, -0.15) is 0 Å². The Morgan fingerprint density at radius 2 is 2.03 bits per heavy atom. The van der Waals surface area contributed by atoms with Crippen molar-refractivity contribution >= 4 is 25.4 Å². The number of nitrogens with zero attached hydrogens (tertiary/aromatic N) is 1. The van der Waals surface area contributed by atoms with E-state index < -0.39 is 33.6 Å². The molecule has 31 heavy (non-hydrogen) atoms. The quantitative estimate of drug-likeness (QED) is 0.538. The molecule has 1 N–H and O–H groups in total. The molecule has 0 unspecified atom stereocenters. The maximum Gasteiger partial charge on any atom is 0.341 e. The van der Waals surface area contributed by atoms with Crippen molar-refractivity contribution in [3.63, 3.8) is 0 Å². The molecule has 0 fully saturated rings. The second-order valence-electron chi connectivity index (χ2n) is 8.70. The minimum Gasteiger partial charge on any atom is -0.492 e. The second-order valence-corrected chi connectivity index (χ2v) is 9.10. The van der Waals surface area contributed by atoms with Crippen LogP contribution in [-0.4, -0.2) is 43.8 Å². The van der Waals surface area contributed by atoms with Crippen molar-refractivity contribution in [3.05, 3.63) is 50.5 Å². The molecular formula is C22H24BClFNO5. The monoisotopic (exact) mass is 447 g/mol. The zero-order chi connectivity index (χ0) is 23.1. The van der Waals surface area contributed by atoms with Crippen LogP contribution in [0.3, 0.4) is 0 Å². The number of halogens is 2. The number of hydrogen-bond donors (Lipinski definition) is 1. The summed E-state index contributed by atoms with van der Waals surface area (Å²) in [4.78, 5) is 24.0. The van der Waals surface area contributed by atoms with Gasteiger partial charge >= 0.3 is 5.97 Å². The number of pyridine rings is 1. The van der Waals surface area contributed by atoms with Gasteiger partial charge in [0.15, 0.2) is 5.82 Å². The number of aromatic carboxylic acids is 1. The standard InChI is InChI=1S/C22H24BClFNO5/c1-21(2,3)22(23)10-12-8-16(31-7-5-6-30-4)15(24)9-13(12)18-17(25)19(27)14(20(28)29)11-26(18)22/h8-9,11H,5-7,10H2,1-4H3,(H,28,29)/t22-/m0/s1. The highest BCUT2D eigenvalue weighted by Crippen LogP contribution is 2.47. The molecule has 1 aromatic heterocycles. The molecule has 1 aliphatic heterocycles. The lowest BCUT2D eigenvalue weighted by atomic mass is 9.56. The lowest BCUT2D eigenvalue weighted by Gasteiger charge is -2.49. The molecule has 1 atom stereocenters. The number of carboxylic acids is 1. The maximum atomic E-state index is 15.3. The molecule has 1 aromatic carbocycles. The van der Waals surface area contributed by atoms with Gasteiger partial charge in [-0.25, -0.2) is 9.18 Å². The summed E-state index contributed by atoms with van der Waals surface area (Å²) in [6, 6.07) is 3.23. The third-order valence-corrected chi connectivity index (χ3v) is 6.03. The van der Waals surface area contributed by atoms with Crippen LogP contribution in [0, 0.1) is 11.2 Å². The van der Waals surface area contributed by atoms with Gasteiger partial charge in [0.1, 0.15) is 19.2 Å². The smallest absolute Gasteiger partial charge is 0.341 e. The SMILES string of the molecule is [B][C@@]1(C(C)(C)C)Cc2cc(OCCCOC)c(Cl)cc2-c2c(F)c(=O)c(C(=O)O)cn21. The molecule has 6 nitrogen and oxygen atoms in total. The lowest BCUT2D eigenvalue weighted by Crippen LogP contribution is -2.51. The van der Waals surface area contributed by atoms with E-state index in [1.54, 1.807) is 13.2 Å². The van der Waals surface area contributed by atoms with Gasteiger partial charge in [-0.15, -0.1) is 0 Å². The lowest BCUT2D eigenvalue weighted by molar-refractivity contribution is 0.0692. The number of carboxylic acid groups (broad SMARTS) is 1. The van der Waals surface area contributed by atoms with Gasteiger partial charge in [-0.1, -0.05) is 32.4 Å². The van der Waals surface area contributed by atoms with Crippen molar-refractivity contribution < 1.29 is 23.8 Å². The van der Waals surface area contributed by atoms with E-state index in [0.717, 1.165) is 6.20 Å². The molecule has 0 aliphatic carbocycles. The number of rotatable bonds is 6. The first-order valence-corrected chi connectivity index (χ1v) is 10.2. The van der Waals surface area contributed by atoms with Crippen LogP contribution in [0.5, 0.6) is 5.75 Å². The minimum atomic E-state index is -1.51. The summed E-state index contributed by atoms with van der Waals surface area (Å²) in [5, 5.41) is 9.64. The van der Waals surface area contributed by atoms with Crippen molar-refractivity contribution in [2.45, 2.75) is 39.1 Å². The molecule has 3 rings (SSSR count). The largest absolute Gasteiger partial charge is 0.492 e. The molecule has 0 saturated carbocycles. The number of methoxy groups -OCH3 is 1. The molecule has 0 saturated heterocycles. The summed E-state index contributed by atoms with van der Waals surface area (Å²) in [6.07, 6.45) is 2.05. The molecule has 2 radical (unpaired) electrons. The fourth-order valence-corrected chi connectivity index (χ4v) is 3.98. The Bertz CT molecular complexity index is 1090. The fraction of sp³-hybridized carbons (Fsp3) is 0.455. The summed E-state index contributed by atoms with van der Waals surface area (Å²) in [7, 11) is 8.39. The third kappa shape index (κ3) is 3.99. The van der Waals surface area contributed by atoms with Crippen LogP contribution in [0.2, 0.25) is 5.02 Å². The van der Waals surface area contributed by atoms with Crippen molar-refractivity contribution in [3.8, 4) is 17.0 Å². The van der Waals surface area contributed by atoms with E-state index in [1.807, 2.05) is 20.8 Å². The minimum absolute atomic E-state index is 0.0819. The molecule has 9 heteroatoms. The summed E-state index contributed by atoms with van der Waals surface area (Å²) >= 11 is 6.38. The first kappa shape index (κ1) is 23.4. The zero-order valence-corrected chi connectivity index (χ0v) is 18.7. The van der Waals surface area contributed by atoms with Crippen LogP contribution in [0.15, 0.2) is 23.1 Å². The Kier molecular flexibility index (Phi) is 6.26. The topological polar surface area (TPSA) is 77.8 Å². The van der Waals surface area contributed by atoms with Crippen molar-refractivity contribution in [1.82, 2.24) is 4.57 Å². The van der Waals surface area contributed by atoms with Gasteiger partial charge in [-0.05, 0) is 29.5 Å². The Morgan fingerprint density at radius 1 is 1.35 bits per heavy atom. The van der Waals surface area contributed by atoms with E-state index in [4.69, 9.17) is 28.9 Å². The normalized spacial score (nSPS) is 17.7. The summed E-state index contributed by atoms with van der Waals surface area (Å²) < 4.78 is 27.4. The Hall–Kier alpha value is -2.32. The fourth-order valence-electron chi connectivity index (χ4n) is 3.76. The number of hydrogen-bond acceptors (Lipinski definition) is 4. The number of fused-ring (bicyclic) bond motifs is 3. The van der Waals surface area contributed by atoms with Gasteiger partial charge < -0.3 is 19.1 Å². The third-order valence-electron chi connectivity index (χ3n) is 5.73. The summed E-state index contributed by atoms with van der Waals surface area (Å²) in [6.45, 7) is 6.53. The Balaban J connectivity index is 2.25. The Labute approximate surface area is 186 Å². The van der Waals surface area contributed by atoms with Crippen LogP contribution in [0.4, 0.5) is 4.39 Å². The first-order valence-electron chi connectivity index (χ1n) is 9.84. The van der Waals surface area contributed by atoms with Gasteiger partial charge in [0.05, 0.1) is 17.3 Å². The summed E-state index contributed by atoms with van der Waals surface area (Å²) in [5.74, 6) is -2.27. The van der Waals surface area contributed by atoms with Crippen LogP contribution < -0.4 is 10.2 Å². The molecule has 0 bridgehead atoms. The van der Waals surface area contributed by atoms with E-state index in [2.05, 4.69) is 0 Å². The summed E-state index contributed by atoms with van der Waals surface area (Å²) in [5.41, 5.74) is -2.74. The number of carbonyl (C=O) groups is 1. The van der Waals surface area contributed by atoms with Gasteiger partial charge in [0.2, 0.25) is 5.43 Å². The highest BCUT2D eigenvalue weighted by atomic mass is 35.5. The maximum absolute atomic E-state index is 15.3. The van der Waals surface area contributed by atoms with E-state index in [1.165, 1.54) is 10.6 Å². The average molecular weight is 448 g/mol. The second kappa shape index (κ2) is 8.32. The van der Waals surface area contributed by atoms with Gasteiger partial charge in [0, 0.05) is 37.3 Å². The van der Waals surface area contributed by atoms with E-state index >= 15 is 4.39 Å². The molecule has 2 aromatic rings. The molecular weight excluding hydrogens is 424 g/mol. The van der Waals surface area contributed by atoms with Gasteiger partial charge in [0.25, 0.3) is 0 Å². The predicted molar refractivity (Wildman–Crippen MR) is 117 cm³/mol. The van der Waals surface area contributed by atoms with Crippen molar-refractivity contribution in [2.24, 2.45) is 5.41 Å². The van der Waals surface area contributed by atoms with Crippen molar-refractivity contribution in [2.75, 3.05) is 20.3 Å².